The van der Waals surface area contributed by atoms with Crippen LogP contribution in [0.1, 0.15) is 74.4 Å². The second-order valence-corrected chi connectivity index (χ2v) is 12.0. The Hall–Kier alpha value is -1.95. The summed E-state index contributed by atoms with van der Waals surface area (Å²) in [5, 5.41) is 4.56. The lowest BCUT2D eigenvalue weighted by Crippen LogP contribution is -2.18. The molecule has 0 saturated heterocycles. The van der Waals surface area contributed by atoms with E-state index in [0.717, 1.165) is 16.8 Å². The zero-order valence-corrected chi connectivity index (χ0v) is 21.2. The summed E-state index contributed by atoms with van der Waals surface area (Å²) in [6.45, 7) is 14.7. The fourth-order valence-corrected chi connectivity index (χ4v) is 4.35. The van der Waals surface area contributed by atoms with Crippen molar-refractivity contribution in [2.75, 3.05) is 21.3 Å². The molecule has 0 radical (unpaired) electrons. The molecule has 0 N–H and O–H groups in total. The highest BCUT2D eigenvalue weighted by Gasteiger charge is 2.30. The van der Waals surface area contributed by atoms with E-state index in [1.54, 1.807) is 11.6 Å². The molecule has 0 fully saturated rings. The van der Waals surface area contributed by atoms with Crippen LogP contribution in [0.5, 0.6) is 0 Å². The predicted octanol–water partition coefficient (Wildman–Crippen LogP) is 5.55. The number of aromatic nitrogens is 2. The Bertz CT molecular complexity index is 972. The van der Waals surface area contributed by atoms with Crippen LogP contribution in [0.2, 0.25) is 0 Å². The van der Waals surface area contributed by atoms with Crippen LogP contribution in [-0.2, 0) is 35.3 Å². The number of ether oxygens (including phenoxy) is 1. The third kappa shape index (κ3) is 5.46. The fourth-order valence-electron chi connectivity index (χ4n) is 3.21. The number of hydrogen-bond donors (Lipinski definition) is 0. The number of hydrogen-bond acceptors (Lipinski definition) is 6. The van der Waals surface area contributed by atoms with E-state index < -0.39 is 13.6 Å². The molecule has 0 spiro atoms. The number of nitrogens with zero attached hydrogens (tertiary/aromatic N) is 2. The first-order chi connectivity index (χ1) is 14.2. The number of methoxy groups -OCH3 is 1. The van der Waals surface area contributed by atoms with Gasteiger partial charge in [-0.1, -0.05) is 47.6 Å². The highest BCUT2D eigenvalue weighted by molar-refractivity contribution is 7.52. The Kier molecular flexibility index (Phi) is 7.26. The molecule has 2 aromatic rings. The van der Waals surface area contributed by atoms with E-state index in [4.69, 9.17) is 13.8 Å². The second kappa shape index (κ2) is 8.89. The summed E-state index contributed by atoms with van der Waals surface area (Å²) in [7, 11) is 0.602. The number of benzene rings is 1. The van der Waals surface area contributed by atoms with E-state index in [1.165, 1.54) is 21.3 Å². The molecule has 0 aliphatic heterocycles. The van der Waals surface area contributed by atoms with E-state index in [-0.39, 0.29) is 22.7 Å². The van der Waals surface area contributed by atoms with Crippen molar-refractivity contribution in [3.8, 4) is 5.69 Å². The number of rotatable bonds is 6. The molecule has 0 saturated carbocycles. The van der Waals surface area contributed by atoms with Crippen molar-refractivity contribution in [1.82, 2.24) is 9.78 Å². The molecular formula is C23H35N2O5P. The average Bonchev–Trinajstić information content (AvgIpc) is 3.01. The summed E-state index contributed by atoms with van der Waals surface area (Å²) in [5.74, 6) is -0.551. The molecule has 1 aromatic heterocycles. The summed E-state index contributed by atoms with van der Waals surface area (Å²) < 4.78 is 29.9. The van der Waals surface area contributed by atoms with E-state index in [0.29, 0.717) is 11.3 Å². The van der Waals surface area contributed by atoms with Gasteiger partial charge in [0.05, 0.1) is 24.7 Å². The molecule has 0 amide bonds. The molecule has 31 heavy (non-hydrogen) atoms. The van der Waals surface area contributed by atoms with E-state index >= 15 is 0 Å². The summed E-state index contributed by atoms with van der Waals surface area (Å²) in [6.07, 6.45) is -0.0274. The first kappa shape index (κ1) is 25.3. The molecule has 172 valence electrons. The molecule has 0 aliphatic carbocycles. The average molecular weight is 451 g/mol. The summed E-state index contributed by atoms with van der Waals surface area (Å²) in [6, 6.07) is 6.31. The Morgan fingerprint density at radius 1 is 0.968 bits per heavy atom. The van der Waals surface area contributed by atoms with Crippen LogP contribution >= 0.6 is 7.60 Å². The molecule has 0 aliphatic rings. The molecule has 0 bridgehead atoms. The second-order valence-electron chi connectivity index (χ2n) is 9.73. The van der Waals surface area contributed by atoms with Crippen molar-refractivity contribution in [2.24, 2.45) is 0 Å². The number of esters is 1. The van der Waals surface area contributed by atoms with Gasteiger partial charge in [-0.3, -0.25) is 4.57 Å². The fraction of sp³-hybridized carbons (Fsp3) is 0.565. The summed E-state index contributed by atoms with van der Waals surface area (Å²) in [5.41, 5.74) is 4.19. The molecule has 0 unspecified atom stereocenters. The van der Waals surface area contributed by atoms with Crippen molar-refractivity contribution >= 4 is 13.6 Å². The molecule has 1 aromatic carbocycles. The van der Waals surface area contributed by atoms with Crippen LogP contribution in [0, 0.1) is 6.92 Å². The molecule has 1 heterocycles. The van der Waals surface area contributed by atoms with Gasteiger partial charge in [0.25, 0.3) is 0 Å². The summed E-state index contributed by atoms with van der Waals surface area (Å²) >= 11 is 0. The molecule has 0 atom stereocenters. The predicted molar refractivity (Wildman–Crippen MR) is 122 cm³/mol. The van der Waals surface area contributed by atoms with Gasteiger partial charge in [-0.2, -0.15) is 5.10 Å². The minimum Gasteiger partial charge on any atom is -0.464 e. The number of carbonyl (C=O) groups excluding carboxylic acids is 1. The van der Waals surface area contributed by atoms with Crippen LogP contribution in [0.3, 0.4) is 0 Å². The maximum atomic E-state index is 13.0. The zero-order chi connectivity index (χ0) is 23.8. The van der Waals surface area contributed by atoms with Crippen molar-refractivity contribution in [3.63, 3.8) is 0 Å². The molecular weight excluding hydrogens is 415 g/mol. The smallest absolute Gasteiger partial charge is 0.358 e. The molecule has 8 heteroatoms. The van der Waals surface area contributed by atoms with E-state index in [2.05, 4.69) is 64.8 Å². The quantitative estimate of drug-likeness (QED) is 0.424. The monoisotopic (exact) mass is 450 g/mol. The van der Waals surface area contributed by atoms with Gasteiger partial charge in [-0.05, 0) is 41.0 Å². The van der Waals surface area contributed by atoms with Crippen molar-refractivity contribution in [2.45, 2.75) is 65.5 Å². The summed E-state index contributed by atoms with van der Waals surface area (Å²) in [4.78, 5) is 12.4. The van der Waals surface area contributed by atoms with Crippen molar-refractivity contribution in [3.05, 3.63) is 46.3 Å². The van der Waals surface area contributed by atoms with Crippen LogP contribution < -0.4 is 0 Å². The molecule has 2 rings (SSSR count). The minimum absolute atomic E-state index is 0.0274. The third-order valence-corrected chi connectivity index (χ3v) is 7.22. The molecule has 7 nitrogen and oxygen atoms in total. The lowest BCUT2D eigenvalue weighted by Gasteiger charge is -2.26. The van der Waals surface area contributed by atoms with Gasteiger partial charge in [0, 0.05) is 19.8 Å². The first-order valence-electron chi connectivity index (χ1n) is 10.2. The Balaban J connectivity index is 2.85. The van der Waals surface area contributed by atoms with Crippen LogP contribution in [0.15, 0.2) is 18.2 Å². The Morgan fingerprint density at radius 3 is 1.84 bits per heavy atom. The van der Waals surface area contributed by atoms with Crippen molar-refractivity contribution < 1.29 is 23.1 Å². The lowest BCUT2D eigenvalue weighted by atomic mass is 9.80. The van der Waals surface area contributed by atoms with Gasteiger partial charge >= 0.3 is 13.6 Å². The maximum absolute atomic E-state index is 13.0. The SMILES string of the molecule is COC(=O)c1nn(-c2cc(C(C)(C)C)cc(C(C)(C)C)c2)c(CP(=O)(OC)OC)c1C. The largest absolute Gasteiger partial charge is 0.464 e. The van der Waals surface area contributed by atoms with Gasteiger partial charge in [0.15, 0.2) is 5.69 Å². The van der Waals surface area contributed by atoms with Gasteiger partial charge in [0.2, 0.25) is 0 Å². The van der Waals surface area contributed by atoms with E-state index in [1.807, 2.05) is 0 Å². The first-order valence-corrected chi connectivity index (χ1v) is 11.9. The van der Waals surface area contributed by atoms with Crippen LogP contribution in [0.25, 0.3) is 5.69 Å². The highest BCUT2D eigenvalue weighted by Crippen LogP contribution is 2.50. The normalized spacial score (nSPS) is 12.8. The minimum atomic E-state index is -3.40. The standard InChI is InChI=1S/C23H35N2O5P/c1-15-19(14-31(27,29-9)30-10)25(24-20(15)21(26)28-8)18-12-16(22(2,3)4)11-17(13-18)23(5,6)7/h11-13H,14H2,1-10H3. The number of carbonyl (C=O) groups is 1. The Labute approximate surface area is 185 Å². The van der Waals surface area contributed by atoms with Crippen LogP contribution in [0.4, 0.5) is 0 Å². The Morgan fingerprint density at radius 2 is 1.45 bits per heavy atom. The van der Waals surface area contributed by atoms with Crippen LogP contribution in [-0.4, -0.2) is 37.1 Å². The zero-order valence-electron chi connectivity index (χ0n) is 20.3. The maximum Gasteiger partial charge on any atom is 0.358 e. The van der Waals surface area contributed by atoms with Crippen molar-refractivity contribution in [1.29, 1.82) is 0 Å². The van der Waals surface area contributed by atoms with Gasteiger partial charge in [-0.25, -0.2) is 9.48 Å². The van der Waals surface area contributed by atoms with Gasteiger partial charge in [0.1, 0.15) is 0 Å². The topological polar surface area (TPSA) is 79.7 Å². The van der Waals surface area contributed by atoms with Gasteiger partial charge in [-0.15, -0.1) is 0 Å². The third-order valence-electron chi connectivity index (χ3n) is 5.42. The lowest BCUT2D eigenvalue weighted by molar-refractivity contribution is 0.0592. The van der Waals surface area contributed by atoms with Gasteiger partial charge < -0.3 is 13.8 Å². The highest BCUT2D eigenvalue weighted by atomic mass is 31.2. The van der Waals surface area contributed by atoms with E-state index in [9.17, 15) is 9.36 Å².